The van der Waals surface area contributed by atoms with Gasteiger partial charge in [-0.3, -0.25) is 0 Å². The van der Waals surface area contributed by atoms with Crippen LogP contribution in [-0.4, -0.2) is 18.6 Å². The Labute approximate surface area is 128 Å². The molecule has 1 heterocycles. The predicted octanol–water partition coefficient (Wildman–Crippen LogP) is 4.39. The van der Waals surface area contributed by atoms with E-state index in [0.29, 0.717) is 6.04 Å². The largest absolute Gasteiger partial charge is 0.369 e. The number of anilines is 1. The van der Waals surface area contributed by atoms with E-state index in [9.17, 15) is 0 Å². The average molecular weight is 295 g/mol. The lowest BCUT2D eigenvalue weighted by Crippen LogP contribution is -2.34. The van der Waals surface area contributed by atoms with Gasteiger partial charge in [0.25, 0.3) is 0 Å². The fraction of sp³-hybridized carbons (Fsp3) is 0.647. The summed E-state index contributed by atoms with van der Waals surface area (Å²) in [4.78, 5) is 2.54. The van der Waals surface area contributed by atoms with Crippen molar-refractivity contribution in [2.45, 2.75) is 64.5 Å². The van der Waals surface area contributed by atoms with Crippen LogP contribution in [0.3, 0.4) is 0 Å². The molecule has 0 radical (unpaired) electrons. The maximum Gasteiger partial charge on any atom is 0.0459 e. The fourth-order valence-electron chi connectivity index (χ4n) is 3.06. The van der Waals surface area contributed by atoms with Gasteiger partial charge in [-0.05, 0) is 50.3 Å². The predicted molar refractivity (Wildman–Crippen MR) is 88.7 cm³/mol. The lowest BCUT2D eigenvalue weighted by molar-refractivity contribution is 0.607. The van der Waals surface area contributed by atoms with Crippen LogP contribution in [0.4, 0.5) is 5.69 Å². The van der Waals surface area contributed by atoms with Crippen molar-refractivity contribution >= 4 is 17.3 Å². The highest BCUT2D eigenvalue weighted by Gasteiger charge is 2.21. The summed E-state index contributed by atoms with van der Waals surface area (Å²) in [6.45, 7) is 5.60. The molecular weight excluding hydrogens is 268 g/mol. The van der Waals surface area contributed by atoms with Gasteiger partial charge in [0, 0.05) is 29.3 Å². The van der Waals surface area contributed by atoms with Crippen molar-refractivity contribution < 1.29 is 0 Å². The summed E-state index contributed by atoms with van der Waals surface area (Å²) in [5.74, 6) is 0. The van der Waals surface area contributed by atoms with Gasteiger partial charge in [-0.2, -0.15) is 0 Å². The first kappa shape index (κ1) is 15.7. The van der Waals surface area contributed by atoms with Gasteiger partial charge in [-0.1, -0.05) is 37.4 Å². The zero-order chi connectivity index (χ0) is 14.5. The molecule has 1 fully saturated rings. The van der Waals surface area contributed by atoms with Gasteiger partial charge in [0.05, 0.1) is 0 Å². The lowest BCUT2D eigenvalue weighted by atomic mass is 10.0. The Hall–Kier alpha value is -0.730. The third-order valence-electron chi connectivity index (χ3n) is 4.45. The number of nitrogens with zero attached hydrogens (tertiary/aromatic N) is 1. The van der Waals surface area contributed by atoms with Gasteiger partial charge < -0.3 is 10.6 Å². The third-order valence-corrected chi connectivity index (χ3v) is 4.80. The number of halogens is 1. The van der Waals surface area contributed by atoms with Crippen LogP contribution in [0.25, 0.3) is 0 Å². The van der Waals surface area contributed by atoms with E-state index in [4.69, 9.17) is 17.3 Å². The zero-order valence-electron chi connectivity index (χ0n) is 12.7. The van der Waals surface area contributed by atoms with Gasteiger partial charge in [0.15, 0.2) is 0 Å². The molecule has 1 aliphatic heterocycles. The van der Waals surface area contributed by atoms with Crippen molar-refractivity contribution in [3.8, 4) is 0 Å². The molecule has 0 bridgehead atoms. The number of rotatable bonds is 4. The Morgan fingerprint density at radius 1 is 1.35 bits per heavy atom. The molecule has 3 heteroatoms. The van der Waals surface area contributed by atoms with Crippen LogP contribution in [0.1, 0.15) is 51.5 Å². The van der Waals surface area contributed by atoms with Crippen molar-refractivity contribution in [2.75, 3.05) is 11.4 Å². The second kappa shape index (κ2) is 7.33. The zero-order valence-corrected chi connectivity index (χ0v) is 13.5. The van der Waals surface area contributed by atoms with E-state index >= 15 is 0 Å². The minimum absolute atomic E-state index is 0.191. The van der Waals surface area contributed by atoms with Crippen LogP contribution in [0.5, 0.6) is 0 Å². The SMILES string of the molecule is CCC(N)Cc1c(Cl)cccc1N1CCCCCC1C. The summed E-state index contributed by atoms with van der Waals surface area (Å²) in [6.07, 6.45) is 7.07. The summed E-state index contributed by atoms with van der Waals surface area (Å²) in [7, 11) is 0. The fourth-order valence-corrected chi connectivity index (χ4v) is 3.30. The Balaban J connectivity index is 2.31. The summed E-state index contributed by atoms with van der Waals surface area (Å²) in [5, 5.41) is 0.864. The summed E-state index contributed by atoms with van der Waals surface area (Å²) < 4.78 is 0. The van der Waals surface area contributed by atoms with Gasteiger partial charge in [0.1, 0.15) is 0 Å². The summed E-state index contributed by atoms with van der Waals surface area (Å²) >= 11 is 6.46. The Kier molecular flexibility index (Phi) is 5.74. The molecule has 0 amide bonds. The first-order valence-corrected chi connectivity index (χ1v) is 8.31. The van der Waals surface area contributed by atoms with Crippen LogP contribution in [0, 0.1) is 0 Å². The van der Waals surface area contributed by atoms with Crippen molar-refractivity contribution in [2.24, 2.45) is 5.73 Å². The van der Waals surface area contributed by atoms with E-state index < -0.39 is 0 Å². The Morgan fingerprint density at radius 2 is 2.15 bits per heavy atom. The van der Waals surface area contributed by atoms with Gasteiger partial charge >= 0.3 is 0 Å². The maximum atomic E-state index is 6.46. The van der Waals surface area contributed by atoms with Crippen LogP contribution in [0.15, 0.2) is 18.2 Å². The number of benzene rings is 1. The normalized spacial score (nSPS) is 21.6. The second-order valence-corrected chi connectivity index (χ2v) is 6.41. The average Bonchev–Trinajstić information content (AvgIpc) is 2.65. The van der Waals surface area contributed by atoms with Gasteiger partial charge in [-0.15, -0.1) is 0 Å². The van der Waals surface area contributed by atoms with Crippen LogP contribution in [-0.2, 0) is 6.42 Å². The molecule has 112 valence electrons. The Morgan fingerprint density at radius 3 is 2.90 bits per heavy atom. The van der Waals surface area contributed by atoms with Crippen LogP contribution in [0.2, 0.25) is 5.02 Å². The molecular formula is C17H27ClN2. The molecule has 1 aliphatic rings. The molecule has 1 aromatic rings. The first-order valence-electron chi connectivity index (χ1n) is 7.93. The molecule has 2 N–H and O–H groups in total. The minimum Gasteiger partial charge on any atom is -0.369 e. The topological polar surface area (TPSA) is 29.3 Å². The number of hydrogen-bond acceptors (Lipinski definition) is 2. The molecule has 20 heavy (non-hydrogen) atoms. The molecule has 2 nitrogen and oxygen atoms in total. The molecule has 0 aliphatic carbocycles. The van der Waals surface area contributed by atoms with E-state index in [1.54, 1.807) is 0 Å². The quantitative estimate of drug-likeness (QED) is 0.892. The van der Waals surface area contributed by atoms with E-state index in [2.05, 4.69) is 30.9 Å². The first-order chi connectivity index (χ1) is 9.63. The Bertz CT molecular complexity index is 433. The van der Waals surface area contributed by atoms with Crippen molar-refractivity contribution in [1.29, 1.82) is 0 Å². The van der Waals surface area contributed by atoms with Crippen molar-refractivity contribution in [3.05, 3.63) is 28.8 Å². The molecule has 2 rings (SSSR count). The molecule has 2 atom stereocenters. The smallest absolute Gasteiger partial charge is 0.0459 e. The highest BCUT2D eigenvalue weighted by Crippen LogP contribution is 2.32. The number of nitrogens with two attached hydrogens (primary N) is 1. The van der Waals surface area contributed by atoms with E-state index in [1.165, 1.54) is 36.9 Å². The highest BCUT2D eigenvalue weighted by molar-refractivity contribution is 6.31. The molecule has 0 spiro atoms. The maximum absolute atomic E-state index is 6.46. The monoisotopic (exact) mass is 294 g/mol. The van der Waals surface area contributed by atoms with Crippen LogP contribution >= 0.6 is 11.6 Å². The third kappa shape index (κ3) is 3.67. The van der Waals surface area contributed by atoms with Gasteiger partial charge in [0.2, 0.25) is 0 Å². The molecule has 0 aromatic heterocycles. The lowest BCUT2D eigenvalue weighted by Gasteiger charge is -2.32. The molecule has 2 unspecified atom stereocenters. The van der Waals surface area contributed by atoms with Crippen molar-refractivity contribution in [1.82, 2.24) is 0 Å². The van der Waals surface area contributed by atoms with E-state index in [0.717, 1.165) is 24.4 Å². The van der Waals surface area contributed by atoms with E-state index in [1.807, 2.05) is 6.07 Å². The molecule has 0 saturated carbocycles. The van der Waals surface area contributed by atoms with Gasteiger partial charge in [-0.25, -0.2) is 0 Å². The van der Waals surface area contributed by atoms with Crippen LogP contribution < -0.4 is 10.6 Å². The van der Waals surface area contributed by atoms with E-state index in [-0.39, 0.29) is 6.04 Å². The summed E-state index contributed by atoms with van der Waals surface area (Å²) in [6, 6.07) is 7.05. The molecule has 1 aromatic carbocycles. The summed E-state index contributed by atoms with van der Waals surface area (Å²) in [5.41, 5.74) is 8.70. The highest BCUT2D eigenvalue weighted by atomic mass is 35.5. The minimum atomic E-state index is 0.191. The second-order valence-electron chi connectivity index (χ2n) is 6.00. The standard InChI is InChI=1S/C17H27ClN2/c1-3-14(19)12-15-16(18)9-7-10-17(15)20-11-6-4-5-8-13(20)2/h7,9-10,13-14H,3-6,8,11-12,19H2,1-2H3. The number of hydrogen-bond donors (Lipinski definition) is 1. The van der Waals surface area contributed by atoms with Crippen molar-refractivity contribution in [3.63, 3.8) is 0 Å². The molecule has 1 saturated heterocycles.